The minimum Gasteiger partial charge on any atom is -0.445 e. The predicted molar refractivity (Wildman–Crippen MR) is 81.2 cm³/mol. The second-order valence-corrected chi connectivity index (χ2v) is 4.92. The summed E-state index contributed by atoms with van der Waals surface area (Å²) in [4.78, 5) is 20.3. The Morgan fingerprint density at radius 3 is 2.91 bits per heavy atom. The summed E-state index contributed by atoms with van der Waals surface area (Å²) in [7, 11) is 0. The molecular formula is C16H16N4O2. The lowest BCUT2D eigenvalue weighted by atomic mass is 10.2. The number of nitrogens with one attached hydrogen (secondary N) is 1. The van der Waals surface area contributed by atoms with Crippen LogP contribution in [0.2, 0.25) is 0 Å². The van der Waals surface area contributed by atoms with Crippen molar-refractivity contribution in [3.8, 4) is 0 Å². The van der Waals surface area contributed by atoms with E-state index in [9.17, 15) is 4.79 Å². The number of imidazole rings is 1. The molecule has 2 heterocycles. The molecule has 1 amide bonds. The third kappa shape index (κ3) is 3.22. The summed E-state index contributed by atoms with van der Waals surface area (Å²) in [6.45, 7) is 2.09. The number of hydrogen-bond acceptors (Lipinski definition) is 4. The van der Waals surface area contributed by atoms with Crippen LogP contribution in [0.1, 0.15) is 24.2 Å². The van der Waals surface area contributed by atoms with Crippen molar-refractivity contribution in [3.63, 3.8) is 0 Å². The average Bonchev–Trinajstić information content (AvgIpc) is 2.98. The topological polar surface area (TPSA) is 68.5 Å². The summed E-state index contributed by atoms with van der Waals surface area (Å²) >= 11 is 0. The summed E-state index contributed by atoms with van der Waals surface area (Å²) < 4.78 is 7.00. The molecule has 0 aliphatic rings. The minimum atomic E-state index is -0.471. The second-order valence-electron chi connectivity index (χ2n) is 4.92. The molecule has 3 aromatic rings. The third-order valence-electron chi connectivity index (χ3n) is 3.24. The molecule has 0 fully saturated rings. The first-order valence-electron chi connectivity index (χ1n) is 6.99. The molecule has 0 radical (unpaired) electrons. The van der Waals surface area contributed by atoms with Crippen LogP contribution in [0.4, 0.5) is 4.79 Å². The highest BCUT2D eigenvalue weighted by molar-refractivity contribution is 5.67. The lowest BCUT2D eigenvalue weighted by molar-refractivity contribution is 0.136. The monoisotopic (exact) mass is 296 g/mol. The summed E-state index contributed by atoms with van der Waals surface area (Å²) in [6.07, 6.45) is 4.91. The van der Waals surface area contributed by atoms with Crippen molar-refractivity contribution >= 4 is 11.9 Å². The summed E-state index contributed by atoms with van der Waals surface area (Å²) in [6, 6.07) is 11.1. The maximum Gasteiger partial charge on any atom is 0.407 e. The summed E-state index contributed by atoms with van der Waals surface area (Å²) in [5.41, 5.74) is 1.68. The number of fused-ring (bicyclic) bond motifs is 1. The third-order valence-corrected chi connectivity index (χ3v) is 3.24. The molecule has 6 heteroatoms. The number of carbonyl (C=O) groups is 1. The van der Waals surface area contributed by atoms with Gasteiger partial charge in [-0.25, -0.2) is 14.8 Å². The van der Waals surface area contributed by atoms with Crippen molar-refractivity contribution in [1.29, 1.82) is 0 Å². The quantitative estimate of drug-likeness (QED) is 0.803. The molecule has 0 saturated carbocycles. The van der Waals surface area contributed by atoms with Gasteiger partial charge in [0.1, 0.15) is 6.61 Å². The molecule has 0 spiro atoms. The van der Waals surface area contributed by atoms with Crippen LogP contribution in [0.5, 0.6) is 0 Å². The smallest absolute Gasteiger partial charge is 0.407 e. The molecule has 1 aromatic carbocycles. The highest BCUT2D eigenvalue weighted by Gasteiger charge is 2.14. The number of aromatic nitrogens is 3. The van der Waals surface area contributed by atoms with Crippen molar-refractivity contribution in [1.82, 2.24) is 19.7 Å². The lowest BCUT2D eigenvalue weighted by Gasteiger charge is -2.11. The average molecular weight is 296 g/mol. The van der Waals surface area contributed by atoms with Gasteiger partial charge in [0.25, 0.3) is 0 Å². The molecule has 0 aliphatic carbocycles. The Balaban J connectivity index is 1.58. The van der Waals surface area contributed by atoms with Crippen LogP contribution in [0, 0.1) is 0 Å². The lowest BCUT2D eigenvalue weighted by Crippen LogP contribution is -2.27. The van der Waals surface area contributed by atoms with Crippen LogP contribution in [0.25, 0.3) is 5.78 Å². The van der Waals surface area contributed by atoms with Crippen LogP contribution in [0.3, 0.4) is 0 Å². The van der Waals surface area contributed by atoms with Gasteiger partial charge in [-0.05, 0) is 18.6 Å². The molecule has 2 aromatic heterocycles. The number of carbonyl (C=O) groups excluding carboxylic acids is 1. The van der Waals surface area contributed by atoms with Gasteiger partial charge in [-0.3, -0.25) is 4.40 Å². The normalized spacial score (nSPS) is 12.0. The van der Waals surface area contributed by atoms with Crippen molar-refractivity contribution in [3.05, 3.63) is 66.2 Å². The van der Waals surface area contributed by atoms with Gasteiger partial charge in [0.05, 0.1) is 11.7 Å². The Labute approximate surface area is 127 Å². The van der Waals surface area contributed by atoms with E-state index in [0.717, 1.165) is 11.3 Å². The van der Waals surface area contributed by atoms with E-state index in [0.29, 0.717) is 5.78 Å². The first kappa shape index (κ1) is 14.1. The van der Waals surface area contributed by atoms with Gasteiger partial charge in [-0.1, -0.05) is 30.3 Å². The molecule has 112 valence electrons. The molecule has 3 rings (SSSR count). The van der Waals surface area contributed by atoms with E-state index in [2.05, 4.69) is 15.3 Å². The molecule has 22 heavy (non-hydrogen) atoms. The second kappa shape index (κ2) is 6.26. The number of rotatable bonds is 4. The molecule has 1 N–H and O–H groups in total. The highest BCUT2D eigenvalue weighted by atomic mass is 16.5. The number of benzene rings is 1. The van der Waals surface area contributed by atoms with Crippen LogP contribution in [-0.2, 0) is 11.3 Å². The van der Waals surface area contributed by atoms with Crippen molar-refractivity contribution in [2.45, 2.75) is 19.6 Å². The molecule has 0 saturated heterocycles. The zero-order valence-electron chi connectivity index (χ0n) is 12.1. The zero-order valence-corrected chi connectivity index (χ0v) is 12.1. The van der Waals surface area contributed by atoms with E-state index in [1.165, 1.54) is 0 Å². The standard InChI is InChI=1S/C16H16N4O2/c1-12(14-10-20-9-5-8-17-15(20)19-14)18-16(21)22-11-13-6-3-2-4-7-13/h2-10,12H,11H2,1H3,(H,18,21)/t12-/m1/s1. The molecule has 0 unspecified atom stereocenters. The summed E-state index contributed by atoms with van der Waals surface area (Å²) in [5.74, 6) is 0.601. The van der Waals surface area contributed by atoms with E-state index in [-0.39, 0.29) is 12.6 Å². The van der Waals surface area contributed by atoms with Gasteiger partial charge in [0, 0.05) is 18.6 Å². The van der Waals surface area contributed by atoms with Crippen LogP contribution in [-0.4, -0.2) is 20.5 Å². The van der Waals surface area contributed by atoms with Crippen molar-refractivity contribution < 1.29 is 9.53 Å². The zero-order chi connectivity index (χ0) is 15.4. The van der Waals surface area contributed by atoms with Crippen LogP contribution in [0.15, 0.2) is 55.0 Å². The predicted octanol–water partition coefficient (Wildman–Crippen LogP) is 2.72. The molecule has 0 aliphatic heterocycles. The van der Waals surface area contributed by atoms with Crippen molar-refractivity contribution in [2.24, 2.45) is 0 Å². The van der Waals surface area contributed by atoms with E-state index in [1.54, 1.807) is 6.20 Å². The Morgan fingerprint density at radius 1 is 1.32 bits per heavy atom. The Hall–Kier alpha value is -2.89. The number of alkyl carbamates (subject to hydrolysis) is 1. The number of amides is 1. The van der Waals surface area contributed by atoms with E-state index in [4.69, 9.17) is 4.74 Å². The number of hydrogen-bond donors (Lipinski definition) is 1. The van der Waals surface area contributed by atoms with Crippen LogP contribution < -0.4 is 5.32 Å². The van der Waals surface area contributed by atoms with E-state index < -0.39 is 6.09 Å². The fraction of sp³-hybridized carbons (Fsp3) is 0.188. The summed E-state index contributed by atoms with van der Waals surface area (Å²) in [5, 5.41) is 2.76. The largest absolute Gasteiger partial charge is 0.445 e. The maximum atomic E-state index is 11.8. The van der Waals surface area contributed by atoms with Crippen LogP contribution >= 0.6 is 0 Å². The Bertz CT molecular complexity index is 737. The van der Waals surface area contributed by atoms with Gasteiger partial charge in [-0.2, -0.15) is 0 Å². The Kier molecular flexibility index (Phi) is 4.00. The van der Waals surface area contributed by atoms with Gasteiger partial charge in [0.15, 0.2) is 0 Å². The van der Waals surface area contributed by atoms with Gasteiger partial charge >= 0.3 is 6.09 Å². The maximum absolute atomic E-state index is 11.8. The van der Waals surface area contributed by atoms with Gasteiger partial charge in [-0.15, -0.1) is 0 Å². The number of ether oxygens (including phenoxy) is 1. The highest BCUT2D eigenvalue weighted by Crippen LogP contribution is 2.12. The molecule has 0 bridgehead atoms. The van der Waals surface area contributed by atoms with E-state index >= 15 is 0 Å². The fourth-order valence-corrected chi connectivity index (χ4v) is 2.07. The van der Waals surface area contributed by atoms with Crippen molar-refractivity contribution in [2.75, 3.05) is 0 Å². The first-order chi connectivity index (χ1) is 10.7. The molecule has 1 atom stereocenters. The van der Waals surface area contributed by atoms with E-state index in [1.807, 2.05) is 60.1 Å². The minimum absolute atomic E-state index is 0.242. The van der Waals surface area contributed by atoms with Gasteiger partial charge in [0.2, 0.25) is 5.78 Å². The first-order valence-corrected chi connectivity index (χ1v) is 6.99. The Morgan fingerprint density at radius 2 is 2.14 bits per heavy atom. The SMILES string of the molecule is C[C@@H](NC(=O)OCc1ccccc1)c1cn2cccnc2n1. The fourth-order valence-electron chi connectivity index (χ4n) is 2.07. The van der Waals surface area contributed by atoms with Gasteiger partial charge < -0.3 is 10.1 Å². The molecular weight excluding hydrogens is 280 g/mol. The molecule has 6 nitrogen and oxygen atoms in total. The number of nitrogens with zero attached hydrogens (tertiary/aromatic N) is 3.